The molecule has 2 aromatic heterocycles. The standard InChI is InChI=1S/C36H44N6O2/c1-23(2)19-30(44)42-32(36(6,7)8)34-38-21-29(41-34)27-17-13-25(14-18-27)10-9-24-11-15-26(16-12-24)28-20-37-33(40-28)31(39-22-43)35(3,4)5/h11-18,20-23,31-32H,19H2,1-8H3,(H,37,40)(H,38,41)(H,39,43)(H,42,44). The lowest BCUT2D eigenvalue weighted by Gasteiger charge is -2.30. The normalized spacial score (nSPS) is 13.1. The molecule has 0 bridgehead atoms. The van der Waals surface area contributed by atoms with E-state index in [1.807, 2.05) is 68.6 Å². The Morgan fingerprint density at radius 1 is 0.773 bits per heavy atom. The molecule has 8 nitrogen and oxygen atoms in total. The fraction of sp³-hybridized carbons (Fsp3) is 0.389. The molecule has 44 heavy (non-hydrogen) atoms. The highest BCUT2D eigenvalue weighted by Gasteiger charge is 2.31. The third kappa shape index (κ3) is 8.25. The first-order valence-corrected chi connectivity index (χ1v) is 15.1. The second-order valence-electron chi connectivity index (χ2n) is 13.8. The fourth-order valence-electron chi connectivity index (χ4n) is 4.96. The van der Waals surface area contributed by atoms with E-state index in [1.165, 1.54) is 0 Å². The molecule has 4 rings (SSSR count). The van der Waals surface area contributed by atoms with Gasteiger partial charge in [-0.2, -0.15) is 0 Å². The van der Waals surface area contributed by atoms with Crippen LogP contribution in [0.2, 0.25) is 0 Å². The second kappa shape index (κ2) is 13.3. The summed E-state index contributed by atoms with van der Waals surface area (Å²) in [5.74, 6) is 8.28. The maximum atomic E-state index is 12.5. The van der Waals surface area contributed by atoms with E-state index in [9.17, 15) is 9.59 Å². The van der Waals surface area contributed by atoms with Crippen LogP contribution in [0.4, 0.5) is 0 Å². The van der Waals surface area contributed by atoms with E-state index in [0.717, 1.165) is 45.3 Å². The fourth-order valence-corrected chi connectivity index (χ4v) is 4.96. The Balaban J connectivity index is 1.44. The highest BCUT2D eigenvalue weighted by Crippen LogP contribution is 2.33. The molecule has 2 heterocycles. The van der Waals surface area contributed by atoms with Gasteiger partial charge >= 0.3 is 0 Å². The summed E-state index contributed by atoms with van der Waals surface area (Å²) >= 11 is 0. The maximum Gasteiger partial charge on any atom is 0.220 e. The number of hydrogen-bond acceptors (Lipinski definition) is 4. The number of amides is 2. The monoisotopic (exact) mass is 592 g/mol. The number of H-pyrrole nitrogens is 2. The van der Waals surface area contributed by atoms with Crippen molar-refractivity contribution >= 4 is 12.3 Å². The van der Waals surface area contributed by atoms with Gasteiger partial charge in [-0.3, -0.25) is 9.59 Å². The van der Waals surface area contributed by atoms with Crippen LogP contribution in [0.25, 0.3) is 22.5 Å². The molecule has 2 amide bonds. The van der Waals surface area contributed by atoms with Crippen LogP contribution in [0.15, 0.2) is 60.9 Å². The van der Waals surface area contributed by atoms with E-state index in [2.05, 4.69) is 84.0 Å². The minimum atomic E-state index is -0.228. The zero-order valence-electron chi connectivity index (χ0n) is 27.0. The predicted molar refractivity (Wildman–Crippen MR) is 175 cm³/mol. The molecule has 230 valence electrons. The Morgan fingerprint density at radius 3 is 1.59 bits per heavy atom. The van der Waals surface area contributed by atoms with Crippen LogP contribution in [-0.4, -0.2) is 32.3 Å². The van der Waals surface area contributed by atoms with Crippen molar-refractivity contribution in [2.75, 3.05) is 0 Å². The molecule has 4 aromatic rings. The summed E-state index contributed by atoms with van der Waals surface area (Å²) in [4.78, 5) is 39.6. The van der Waals surface area contributed by atoms with Gasteiger partial charge in [0, 0.05) is 17.5 Å². The van der Waals surface area contributed by atoms with Crippen molar-refractivity contribution in [3.05, 3.63) is 83.7 Å². The summed E-state index contributed by atoms with van der Waals surface area (Å²) in [5, 5.41) is 6.04. The first-order valence-electron chi connectivity index (χ1n) is 15.1. The lowest BCUT2D eigenvalue weighted by Crippen LogP contribution is -2.37. The third-order valence-electron chi connectivity index (χ3n) is 7.35. The molecule has 0 saturated carbocycles. The van der Waals surface area contributed by atoms with Crippen molar-refractivity contribution in [2.24, 2.45) is 16.7 Å². The van der Waals surface area contributed by atoms with E-state index >= 15 is 0 Å². The third-order valence-corrected chi connectivity index (χ3v) is 7.35. The van der Waals surface area contributed by atoms with E-state index in [4.69, 9.17) is 0 Å². The Labute approximate surface area is 260 Å². The van der Waals surface area contributed by atoms with Gasteiger partial charge in [-0.1, -0.05) is 91.5 Å². The zero-order valence-corrected chi connectivity index (χ0v) is 27.0. The Morgan fingerprint density at radius 2 is 1.20 bits per heavy atom. The van der Waals surface area contributed by atoms with Crippen molar-refractivity contribution in [3.8, 4) is 34.4 Å². The number of nitrogens with one attached hydrogen (secondary N) is 4. The Bertz CT molecular complexity index is 1620. The van der Waals surface area contributed by atoms with Crippen molar-refractivity contribution in [1.82, 2.24) is 30.6 Å². The number of carbonyl (C=O) groups excluding carboxylic acids is 2. The minimum absolute atomic E-state index is 0.0313. The molecule has 0 aliphatic carbocycles. The van der Waals surface area contributed by atoms with Crippen LogP contribution in [0.3, 0.4) is 0 Å². The number of hydrogen-bond donors (Lipinski definition) is 4. The van der Waals surface area contributed by atoms with Gasteiger partial charge in [0.2, 0.25) is 12.3 Å². The van der Waals surface area contributed by atoms with Gasteiger partial charge in [-0.15, -0.1) is 0 Å². The number of benzene rings is 2. The van der Waals surface area contributed by atoms with Crippen LogP contribution in [0.5, 0.6) is 0 Å². The number of carbonyl (C=O) groups is 2. The topological polar surface area (TPSA) is 116 Å². The molecule has 4 N–H and O–H groups in total. The minimum Gasteiger partial charge on any atom is -0.348 e. The van der Waals surface area contributed by atoms with E-state index < -0.39 is 0 Å². The summed E-state index contributed by atoms with van der Waals surface area (Å²) < 4.78 is 0. The molecule has 0 spiro atoms. The lowest BCUT2D eigenvalue weighted by molar-refractivity contribution is -0.123. The largest absolute Gasteiger partial charge is 0.348 e. The molecule has 0 radical (unpaired) electrons. The molecule has 8 heteroatoms. The highest BCUT2D eigenvalue weighted by molar-refractivity contribution is 5.76. The highest BCUT2D eigenvalue weighted by atomic mass is 16.1. The average Bonchev–Trinajstić information content (AvgIpc) is 3.63. The number of rotatable bonds is 9. The summed E-state index contributed by atoms with van der Waals surface area (Å²) in [7, 11) is 0. The van der Waals surface area contributed by atoms with Crippen LogP contribution in [0.1, 0.15) is 96.7 Å². The van der Waals surface area contributed by atoms with Gasteiger partial charge in [0.25, 0.3) is 0 Å². The van der Waals surface area contributed by atoms with E-state index in [-0.39, 0.29) is 28.8 Å². The first kappa shape index (κ1) is 32.3. The van der Waals surface area contributed by atoms with Crippen LogP contribution < -0.4 is 10.6 Å². The Kier molecular flexibility index (Phi) is 9.78. The average molecular weight is 593 g/mol. The number of aromatic amines is 2. The van der Waals surface area contributed by atoms with Crippen LogP contribution in [0, 0.1) is 28.6 Å². The van der Waals surface area contributed by atoms with Crippen LogP contribution >= 0.6 is 0 Å². The van der Waals surface area contributed by atoms with E-state index in [0.29, 0.717) is 18.7 Å². The SMILES string of the molecule is CC(C)CC(=O)NC(c1ncc(-c2ccc(C#Cc3ccc(-c4cnc(C(NC=O)C(C)(C)C)[nH]4)cc3)cc2)[nH]1)C(C)(C)C. The molecule has 2 atom stereocenters. The van der Waals surface area contributed by atoms with Gasteiger partial charge in [0.15, 0.2) is 0 Å². The maximum absolute atomic E-state index is 12.5. The van der Waals surface area contributed by atoms with Gasteiger partial charge < -0.3 is 20.6 Å². The lowest BCUT2D eigenvalue weighted by atomic mass is 9.86. The second-order valence-corrected chi connectivity index (χ2v) is 13.8. The zero-order chi connectivity index (χ0) is 32.1. The van der Waals surface area contributed by atoms with Crippen molar-refractivity contribution < 1.29 is 9.59 Å². The van der Waals surface area contributed by atoms with Crippen LogP contribution in [-0.2, 0) is 9.59 Å². The van der Waals surface area contributed by atoms with Gasteiger partial charge in [0.1, 0.15) is 11.6 Å². The Hall–Kier alpha value is -4.64. The summed E-state index contributed by atoms with van der Waals surface area (Å²) in [6.07, 6.45) is 4.80. The smallest absolute Gasteiger partial charge is 0.220 e. The van der Waals surface area contributed by atoms with Gasteiger partial charge in [-0.05, 0) is 52.1 Å². The van der Waals surface area contributed by atoms with Gasteiger partial charge in [0.05, 0.1) is 35.9 Å². The quantitative estimate of drug-likeness (QED) is 0.124. The van der Waals surface area contributed by atoms with Crippen molar-refractivity contribution in [1.29, 1.82) is 0 Å². The van der Waals surface area contributed by atoms with Crippen molar-refractivity contribution in [2.45, 2.75) is 73.9 Å². The van der Waals surface area contributed by atoms with Gasteiger partial charge in [-0.25, -0.2) is 9.97 Å². The number of nitrogens with zero attached hydrogens (tertiary/aromatic N) is 2. The molecule has 0 saturated heterocycles. The number of aromatic nitrogens is 4. The van der Waals surface area contributed by atoms with E-state index in [1.54, 1.807) is 6.20 Å². The molecule has 0 aliphatic heterocycles. The molecule has 0 fully saturated rings. The molecule has 2 unspecified atom stereocenters. The molecular weight excluding hydrogens is 548 g/mol. The first-order chi connectivity index (χ1) is 20.7. The predicted octanol–water partition coefficient (Wildman–Crippen LogP) is 6.95. The summed E-state index contributed by atoms with van der Waals surface area (Å²) in [5.41, 5.74) is 5.17. The summed E-state index contributed by atoms with van der Waals surface area (Å²) in [6, 6.07) is 15.6. The molecular formula is C36H44N6O2. The molecule has 0 aliphatic rings. The molecule has 2 aromatic carbocycles. The number of imidazole rings is 2. The summed E-state index contributed by atoms with van der Waals surface area (Å²) in [6.45, 7) is 16.6. The van der Waals surface area contributed by atoms with Crippen molar-refractivity contribution in [3.63, 3.8) is 0 Å².